The van der Waals surface area contributed by atoms with E-state index in [1.54, 1.807) is 25.7 Å². The highest BCUT2D eigenvalue weighted by atomic mass is 16.6. The molecule has 1 aliphatic heterocycles. The van der Waals surface area contributed by atoms with Crippen molar-refractivity contribution in [3.8, 4) is 0 Å². The van der Waals surface area contributed by atoms with Crippen LogP contribution in [0.5, 0.6) is 0 Å². The number of rotatable bonds is 4. The molecule has 148 valence electrons. The Balaban J connectivity index is 2.13. The maximum atomic E-state index is 12.3. The molecule has 0 aromatic heterocycles. The first kappa shape index (κ1) is 20.5. The van der Waals surface area contributed by atoms with E-state index < -0.39 is 22.6 Å². The van der Waals surface area contributed by atoms with E-state index in [2.05, 4.69) is 10.1 Å². The minimum Gasteiger partial charge on any atom is -0.465 e. The number of nitro groups is 1. The molecule has 0 aliphatic carbocycles. The van der Waals surface area contributed by atoms with Gasteiger partial charge in [-0.05, 0) is 45.7 Å². The largest absolute Gasteiger partial charge is 0.465 e. The summed E-state index contributed by atoms with van der Waals surface area (Å²) in [6, 6.07) is 3.98. The van der Waals surface area contributed by atoms with E-state index in [0.29, 0.717) is 18.8 Å². The molecular formula is C18H25N3O6. The lowest BCUT2D eigenvalue weighted by Gasteiger charge is -2.34. The Kier molecular flexibility index (Phi) is 6.24. The Labute approximate surface area is 157 Å². The molecule has 0 bridgehead atoms. The quantitative estimate of drug-likeness (QED) is 0.486. The van der Waals surface area contributed by atoms with E-state index in [9.17, 15) is 19.7 Å². The normalized spacial score (nSPS) is 17.2. The number of ether oxygens (including phenoxy) is 2. The molecule has 0 unspecified atom stereocenters. The number of nitro benzene ring substituents is 1. The number of nitrogens with one attached hydrogen (secondary N) is 1. The van der Waals surface area contributed by atoms with Crippen LogP contribution in [0.2, 0.25) is 0 Å². The summed E-state index contributed by atoms with van der Waals surface area (Å²) >= 11 is 0. The average Bonchev–Trinajstić information content (AvgIpc) is 2.60. The SMILES string of the molecule is COC(=O)c1ccc(N[C@@H]2CCCN(C(=O)OC(C)(C)C)C2)c([N+](=O)[O-])c1. The smallest absolute Gasteiger partial charge is 0.410 e. The third-order valence-corrected chi connectivity index (χ3v) is 4.05. The van der Waals surface area contributed by atoms with Gasteiger partial charge in [-0.15, -0.1) is 0 Å². The maximum Gasteiger partial charge on any atom is 0.410 e. The van der Waals surface area contributed by atoms with Crippen molar-refractivity contribution in [3.63, 3.8) is 0 Å². The number of anilines is 1. The van der Waals surface area contributed by atoms with Crippen LogP contribution in [-0.2, 0) is 9.47 Å². The third kappa shape index (κ3) is 5.57. The lowest BCUT2D eigenvalue weighted by atomic mass is 10.0. The van der Waals surface area contributed by atoms with Crippen molar-refractivity contribution in [2.45, 2.75) is 45.3 Å². The summed E-state index contributed by atoms with van der Waals surface area (Å²) in [5.41, 5.74) is -0.398. The van der Waals surface area contributed by atoms with Crippen LogP contribution in [0.4, 0.5) is 16.2 Å². The molecule has 1 amide bonds. The number of amides is 1. The molecular weight excluding hydrogens is 354 g/mol. The van der Waals surface area contributed by atoms with Gasteiger partial charge in [0.05, 0.1) is 17.6 Å². The van der Waals surface area contributed by atoms with Gasteiger partial charge in [0.1, 0.15) is 11.3 Å². The number of hydrogen-bond acceptors (Lipinski definition) is 7. The molecule has 1 aliphatic rings. The number of methoxy groups -OCH3 is 1. The Bertz CT molecular complexity index is 728. The van der Waals surface area contributed by atoms with Gasteiger partial charge in [-0.3, -0.25) is 10.1 Å². The lowest BCUT2D eigenvalue weighted by molar-refractivity contribution is -0.384. The van der Waals surface area contributed by atoms with Gasteiger partial charge in [0, 0.05) is 25.2 Å². The maximum absolute atomic E-state index is 12.3. The summed E-state index contributed by atoms with van der Waals surface area (Å²) in [6.45, 7) is 6.37. The van der Waals surface area contributed by atoms with Crippen LogP contribution in [0.1, 0.15) is 44.0 Å². The molecule has 1 heterocycles. The number of piperidine rings is 1. The molecule has 0 radical (unpaired) electrons. The van der Waals surface area contributed by atoms with Crippen LogP contribution in [0.3, 0.4) is 0 Å². The van der Waals surface area contributed by atoms with E-state index in [4.69, 9.17) is 4.74 Å². The first-order valence-corrected chi connectivity index (χ1v) is 8.72. The zero-order chi connectivity index (χ0) is 20.2. The fourth-order valence-electron chi connectivity index (χ4n) is 2.86. The second-order valence-electron chi connectivity index (χ2n) is 7.39. The van der Waals surface area contributed by atoms with E-state index in [1.807, 2.05) is 0 Å². The standard InChI is InChI=1S/C18H25N3O6/c1-18(2,3)27-17(23)20-9-5-6-13(11-20)19-14-8-7-12(16(22)26-4)10-15(14)21(24)25/h7-8,10,13,19H,5-6,9,11H2,1-4H3/t13-/m1/s1. The summed E-state index contributed by atoms with van der Waals surface area (Å²) in [7, 11) is 1.22. The molecule has 1 saturated heterocycles. The predicted molar refractivity (Wildman–Crippen MR) is 98.9 cm³/mol. The zero-order valence-corrected chi connectivity index (χ0v) is 16.0. The monoisotopic (exact) mass is 379 g/mol. The van der Waals surface area contributed by atoms with Crippen molar-refractivity contribution in [3.05, 3.63) is 33.9 Å². The molecule has 1 aromatic rings. The van der Waals surface area contributed by atoms with Gasteiger partial charge in [-0.25, -0.2) is 9.59 Å². The van der Waals surface area contributed by atoms with Gasteiger partial charge >= 0.3 is 12.1 Å². The first-order valence-electron chi connectivity index (χ1n) is 8.72. The fraction of sp³-hybridized carbons (Fsp3) is 0.556. The van der Waals surface area contributed by atoms with Crippen LogP contribution >= 0.6 is 0 Å². The van der Waals surface area contributed by atoms with Crippen LogP contribution in [0, 0.1) is 10.1 Å². The Morgan fingerprint density at radius 2 is 2.04 bits per heavy atom. The van der Waals surface area contributed by atoms with Crippen molar-refractivity contribution in [1.29, 1.82) is 0 Å². The highest BCUT2D eigenvalue weighted by Crippen LogP contribution is 2.28. The van der Waals surface area contributed by atoms with Crippen molar-refractivity contribution in [2.75, 3.05) is 25.5 Å². The van der Waals surface area contributed by atoms with Crippen molar-refractivity contribution in [2.24, 2.45) is 0 Å². The molecule has 1 N–H and O–H groups in total. The third-order valence-electron chi connectivity index (χ3n) is 4.05. The molecule has 2 rings (SSSR count). The van der Waals surface area contributed by atoms with Crippen molar-refractivity contribution >= 4 is 23.4 Å². The van der Waals surface area contributed by atoms with E-state index in [0.717, 1.165) is 12.8 Å². The molecule has 9 nitrogen and oxygen atoms in total. The fourth-order valence-corrected chi connectivity index (χ4v) is 2.86. The molecule has 0 saturated carbocycles. The predicted octanol–water partition coefficient (Wildman–Crippen LogP) is 3.19. The molecule has 1 atom stereocenters. The van der Waals surface area contributed by atoms with Crippen molar-refractivity contribution in [1.82, 2.24) is 4.90 Å². The van der Waals surface area contributed by atoms with Gasteiger partial charge < -0.3 is 19.7 Å². The summed E-state index contributed by atoms with van der Waals surface area (Å²) in [5, 5.41) is 14.5. The number of hydrogen-bond donors (Lipinski definition) is 1. The molecule has 27 heavy (non-hydrogen) atoms. The number of benzene rings is 1. The van der Waals surface area contributed by atoms with Crippen LogP contribution < -0.4 is 5.32 Å². The minimum atomic E-state index is -0.640. The lowest BCUT2D eigenvalue weighted by Crippen LogP contribution is -2.47. The van der Waals surface area contributed by atoms with E-state index in [1.165, 1.54) is 25.3 Å². The summed E-state index contributed by atoms with van der Waals surface area (Å²) in [6.07, 6.45) is 1.12. The van der Waals surface area contributed by atoms with Crippen LogP contribution in [-0.4, -0.2) is 53.7 Å². The molecule has 1 aromatic carbocycles. The Morgan fingerprint density at radius 3 is 2.63 bits per heavy atom. The number of likely N-dealkylation sites (tertiary alicyclic amines) is 1. The summed E-state index contributed by atoms with van der Waals surface area (Å²) in [4.78, 5) is 36.3. The first-order chi connectivity index (χ1) is 12.6. The summed E-state index contributed by atoms with van der Waals surface area (Å²) in [5.74, 6) is -0.640. The zero-order valence-electron chi connectivity index (χ0n) is 16.0. The second-order valence-corrected chi connectivity index (χ2v) is 7.39. The van der Waals surface area contributed by atoms with E-state index >= 15 is 0 Å². The number of nitrogens with zero attached hydrogens (tertiary/aromatic N) is 2. The topological polar surface area (TPSA) is 111 Å². The highest BCUT2D eigenvalue weighted by Gasteiger charge is 2.29. The number of carbonyl (C=O) groups is 2. The average molecular weight is 379 g/mol. The molecule has 9 heteroatoms. The van der Waals surface area contributed by atoms with E-state index in [-0.39, 0.29) is 17.3 Å². The van der Waals surface area contributed by atoms with Gasteiger partial charge in [-0.1, -0.05) is 0 Å². The number of esters is 1. The van der Waals surface area contributed by atoms with Gasteiger partial charge in [0.25, 0.3) is 5.69 Å². The van der Waals surface area contributed by atoms with Crippen molar-refractivity contribution < 1.29 is 24.0 Å². The van der Waals surface area contributed by atoms with Gasteiger partial charge in [0.15, 0.2) is 0 Å². The highest BCUT2D eigenvalue weighted by molar-refractivity contribution is 5.91. The second kappa shape index (κ2) is 8.24. The summed E-state index contributed by atoms with van der Waals surface area (Å²) < 4.78 is 9.99. The van der Waals surface area contributed by atoms with Gasteiger partial charge in [0.2, 0.25) is 0 Å². The molecule has 0 spiro atoms. The Hall–Kier alpha value is -2.84. The van der Waals surface area contributed by atoms with Crippen LogP contribution in [0.15, 0.2) is 18.2 Å². The number of carbonyl (C=O) groups excluding carboxylic acids is 2. The van der Waals surface area contributed by atoms with Gasteiger partial charge in [-0.2, -0.15) is 0 Å². The molecule has 1 fully saturated rings. The van der Waals surface area contributed by atoms with Crippen LogP contribution in [0.25, 0.3) is 0 Å². The minimum absolute atomic E-state index is 0.105. The Morgan fingerprint density at radius 1 is 1.33 bits per heavy atom.